The summed E-state index contributed by atoms with van der Waals surface area (Å²) in [5.41, 5.74) is 4.37. The molecule has 0 spiro atoms. The average molecular weight is 517 g/mol. The van der Waals surface area contributed by atoms with Gasteiger partial charge in [-0.1, -0.05) is 29.8 Å². The highest BCUT2D eigenvalue weighted by molar-refractivity contribution is 9.10. The first-order valence-electron chi connectivity index (χ1n) is 9.86. The third-order valence-electron chi connectivity index (χ3n) is 5.09. The summed E-state index contributed by atoms with van der Waals surface area (Å²) in [6.45, 7) is 4.63. The minimum Gasteiger partial charge on any atom is -0.319 e. The minimum absolute atomic E-state index is 0.223. The molecule has 0 aliphatic carbocycles. The number of rotatable bonds is 6. The van der Waals surface area contributed by atoms with Gasteiger partial charge in [0.15, 0.2) is 0 Å². The van der Waals surface area contributed by atoms with Gasteiger partial charge in [0.2, 0.25) is 0 Å². The Morgan fingerprint density at radius 2 is 2.00 bits per heavy atom. The number of nitrogens with one attached hydrogen (secondary N) is 1. The van der Waals surface area contributed by atoms with Gasteiger partial charge in [0.05, 0.1) is 40.8 Å². The van der Waals surface area contributed by atoms with Crippen LogP contribution in [0, 0.1) is 19.7 Å². The quantitative estimate of drug-likeness (QED) is 0.363. The molecule has 32 heavy (non-hydrogen) atoms. The van der Waals surface area contributed by atoms with Gasteiger partial charge in [-0.05, 0) is 65.2 Å². The molecule has 0 atom stereocenters. The van der Waals surface area contributed by atoms with Gasteiger partial charge in [-0.3, -0.25) is 14.2 Å². The Morgan fingerprint density at radius 1 is 1.19 bits per heavy atom. The molecule has 2 aromatic heterocycles. The number of carbonyl (C=O) groups excluding carboxylic acids is 1. The molecule has 9 heteroatoms. The first-order chi connectivity index (χ1) is 15.3. The van der Waals surface area contributed by atoms with E-state index >= 15 is 0 Å². The van der Waals surface area contributed by atoms with Crippen molar-refractivity contribution in [1.82, 2.24) is 19.6 Å². The fourth-order valence-corrected chi connectivity index (χ4v) is 4.01. The Morgan fingerprint density at radius 3 is 2.72 bits per heavy atom. The van der Waals surface area contributed by atoms with E-state index in [9.17, 15) is 9.18 Å². The third-order valence-corrected chi connectivity index (χ3v) is 5.85. The topological polar surface area (TPSA) is 64.7 Å². The van der Waals surface area contributed by atoms with Crippen molar-refractivity contribution in [3.8, 4) is 0 Å². The molecule has 164 valence electrons. The second-order valence-electron chi connectivity index (χ2n) is 7.45. The first kappa shape index (κ1) is 22.2. The minimum atomic E-state index is -0.387. The zero-order chi connectivity index (χ0) is 22.8. The molecule has 0 saturated carbocycles. The summed E-state index contributed by atoms with van der Waals surface area (Å²) >= 11 is 9.54. The van der Waals surface area contributed by atoms with Crippen LogP contribution in [0.1, 0.15) is 32.9 Å². The van der Waals surface area contributed by atoms with Gasteiger partial charge >= 0.3 is 0 Å². The zero-order valence-corrected chi connectivity index (χ0v) is 19.8. The van der Waals surface area contributed by atoms with Crippen molar-refractivity contribution in [2.45, 2.75) is 26.9 Å². The average Bonchev–Trinajstić information content (AvgIpc) is 3.27. The molecule has 6 nitrogen and oxygen atoms in total. The number of benzene rings is 2. The van der Waals surface area contributed by atoms with Crippen LogP contribution in [-0.4, -0.2) is 25.5 Å². The molecule has 0 aliphatic rings. The number of nitrogens with zero attached hydrogens (tertiary/aromatic N) is 4. The zero-order valence-electron chi connectivity index (χ0n) is 17.4. The molecule has 4 rings (SSSR count). The maximum atomic E-state index is 13.3. The summed E-state index contributed by atoms with van der Waals surface area (Å²) in [5.74, 6) is -0.610. The van der Waals surface area contributed by atoms with Crippen LogP contribution in [0.2, 0.25) is 5.02 Å². The van der Waals surface area contributed by atoms with E-state index in [0.717, 1.165) is 21.3 Å². The Balaban J connectivity index is 1.51. The van der Waals surface area contributed by atoms with E-state index in [4.69, 9.17) is 11.6 Å². The lowest BCUT2D eigenvalue weighted by Crippen LogP contribution is -2.14. The summed E-state index contributed by atoms with van der Waals surface area (Å²) in [5, 5.41) is 12.1. The van der Waals surface area contributed by atoms with Gasteiger partial charge in [0.1, 0.15) is 5.82 Å². The van der Waals surface area contributed by atoms with Crippen molar-refractivity contribution in [3.05, 3.63) is 98.2 Å². The SMILES string of the molecule is Cc1nn(Cc2ccc(F)cc2Cl)c(C)c1NC(=O)c1cccc(Cn2cc(Br)cn2)c1. The summed E-state index contributed by atoms with van der Waals surface area (Å²) in [4.78, 5) is 12.9. The van der Waals surface area contributed by atoms with E-state index in [1.54, 1.807) is 27.7 Å². The van der Waals surface area contributed by atoms with Gasteiger partial charge in [-0.15, -0.1) is 0 Å². The monoisotopic (exact) mass is 515 g/mol. The van der Waals surface area contributed by atoms with E-state index in [1.165, 1.54) is 12.1 Å². The van der Waals surface area contributed by atoms with Gasteiger partial charge < -0.3 is 5.32 Å². The van der Waals surface area contributed by atoms with Crippen LogP contribution in [-0.2, 0) is 13.1 Å². The highest BCUT2D eigenvalue weighted by Crippen LogP contribution is 2.24. The lowest BCUT2D eigenvalue weighted by Gasteiger charge is -2.09. The largest absolute Gasteiger partial charge is 0.319 e. The van der Waals surface area contributed by atoms with Crippen LogP contribution in [0.3, 0.4) is 0 Å². The van der Waals surface area contributed by atoms with Gasteiger partial charge in [0, 0.05) is 16.8 Å². The molecule has 0 radical (unpaired) electrons. The van der Waals surface area contributed by atoms with E-state index < -0.39 is 0 Å². The highest BCUT2D eigenvalue weighted by Gasteiger charge is 2.16. The molecule has 0 fully saturated rings. The van der Waals surface area contributed by atoms with E-state index in [0.29, 0.717) is 35.1 Å². The number of anilines is 1. The van der Waals surface area contributed by atoms with Crippen molar-refractivity contribution in [3.63, 3.8) is 0 Å². The molecule has 1 N–H and O–H groups in total. The van der Waals surface area contributed by atoms with Gasteiger partial charge in [-0.2, -0.15) is 10.2 Å². The normalized spacial score (nSPS) is 11.0. The smallest absolute Gasteiger partial charge is 0.255 e. The van der Waals surface area contributed by atoms with Crippen molar-refractivity contribution < 1.29 is 9.18 Å². The fraction of sp³-hybridized carbons (Fsp3) is 0.174. The van der Waals surface area contributed by atoms with E-state index in [1.807, 2.05) is 38.2 Å². The molecule has 1 amide bonds. The Bertz CT molecular complexity index is 1300. The molecule has 4 aromatic rings. The molecule has 0 saturated heterocycles. The van der Waals surface area contributed by atoms with Gasteiger partial charge in [-0.25, -0.2) is 4.39 Å². The second kappa shape index (κ2) is 9.26. The second-order valence-corrected chi connectivity index (χ2v) is 8.77. The Labute approximate surface area is 198 Å². The third kappa shape index (κ3) is 4.92. The van der Waals surface area contributed by atoms with E-state index in [2.05, 4.69) is 31.4 Å². The molecule has 0 unspecified atom stereocenters. The molecule has 0 aliphatic heterocycles. The molecule has 2 aromatic carbocycles. The number of aryl methyl sites for hydroxylation is 1. The number of carbonyl (C=O) groups is 1. The van der Waals surface area contributed by atoms with Crippen LogP contribution in [0.15, 0.2) is 59.3 Å². The molecular weight excluding hydrogens is 497 g/mol. The molecule has 2 heterocycles. The van der Waals surface area contributed by atoms with Crippen molar-refractivity contribution in [1.29, 1.82) is 0 Å². The maximum absolute atomic E-state index is 13.3. The van der Waals surface area contributed by atoms with Crippen LogP contribution in [0.5, 0.6) is 0 Å². The molecular formula is C23H20BrClFN5O. The van der Waals surface area contributed by atoms with Crippen LogP contribution in [0.4, 0.5) is 10.1 Å². The van der Waals surface area contributed by atoms with Gasteiger partial charge in [0.25, 0.3) is 5.91 Å². The van der Waals surface area contributed by atoms with Crippen LogP contribution >= 0.6 is 27.5 Å². The number of amides is 1. The number of halogens is 3. The fourth-order valence-electron chi connectivity index (χ4n) is 3.45. The predicted octanol–water partition coefficient (Wildman–Crippen LogP) is 5.60. The van der Waals surface area contributed by atoms with Crippen LogP contribution < -0.4 is 5.32 Å². The summed E-state index contributed by atoms with van der Waals surface area (Å²) in [6, 6.07) is 11.7. The lowest BCUT2D eigenvalue weighted by atomic mass is 10.1. The van der Waals surface area contributed by atoms with Crippen molar-refractivity contribution in [2.24, 2.45) is 0 Å². The Hall–Kier alpha value is -2.97. The number of hydrogen-bond donors (Lipinski definition) is 1. The number of aromatic nitrogens is 4. The maximum Gasteiger partial charge on any atom is 0.255 e. The summed E-state index contributed by atoms with van der Waals surface area (Å²) in [6.07, 6.45) is 3.60. The van der Waals surface area contributed by atoms with E-state index in [-0.39, 0.29) is 11.7 Å². The van der Waals surface area contributed by atoms with Crippen LogP contribution in [0.25, 0.3) is 0 Å². The lowest BCUT2D eigenvalue weighted by molar-refractivity contribution is 0.102. The summed E-state index contributed by atoms with van der Waals surface area (Å²) in [7, 11) is 0. The molecule has 0 bridgehead atoms. The predicted molar refractivity (Wildman–Crippen MR) is 126 cm³/mol. The standard InChI is InChI=1S/C23H20BrClFN5O/c1-14-22(15(2)31(29-14)12-18-6-7-20(26)9-21(18)25)28-23(32)17-5-3-4-16(8-17)11-30-13-19(24)10-27-30/h3-10,13H,11-12H2,1-2H3,(H,28,32). The number of hydrogen-bond acceptors (Lipinski definition) is 3. The Kier molecular flexibility index (Phi) is 6.43. The van der Waals surface area contributed by atoms with Crippen molar-refractivity contribution in [2.75, 3.05) is 5.32 Å². The first-order valence-corrected chi connectivity index (χ1v) is 11.0. The van der Waals surface area contributed by atoms with Crippen molar-refractivity contribution >= 4 is 39.1 Å². The summed E-state index contributed by atoms with van der Waals surface area (Å²) < 4.78 is 17.8. The highest BCUT2D eigenvalue weighted by atomic mass is 79.9.